The van der Waals surface area contributed by atoms with Crippen molar-refractivity contribution in [2.24, 2.45) is 0 Å². The van der Waals surface area contributed by atoms with Gasteiger partial charge in [-0.1, -0.05) is 11.6 Å². The lowest BCUT2D eigenvalue weighted by Crippen LogP contribution is -2.29. The van der Waals surface area contributed by atoms with Gasteiger partial charge in [0.25, 0.3) is 0 Å². The van der Waals surface area contributed by atoms with E-state index in [0.29, 0.717) is 23.9 Å². The van der Waals surface area contributed by atoms with Crippen LogP contribution in [0.25, 0.3) is 0 Å². The highest BCUT2D eigenvalue weighted by Crippen LogP contribution is 2.25. The molecule has 92 valence electrons. The summed E-state index contributed by atoms with van der Waals surface area (Å²) in [6, 6.07) is 4.78. The van der Waals surface area contributed by atoms with Crippen LogP contribution in [-0.2, 0) is 4.74 Å². The number of ether oxygens (including phenoxy) is 1. The molecular formula is C13H15ClFNO. The molecule has 1 aromatic carbocycles. The topological polar surface area (TPSA) is 12.5 Å². The third-order valence-corrected chi connectivity index (χ3v) is 2.98. The van der Waals surface area contributed by atoms with Gasteiger partial charge in [0.05, 0.1) is 18.1 Å². The van der Waals surface area contributed by atoms with Crippen molar-refractivity contribution < 1.29 is 9.13 Å². The van der Waals surface area contributed by atoms with Crippen molar-refractivity contribution in [1.29, 1.82) is 0 Å². The maximum atomic E-state index is 13.7. The fraction of sp³-hybridized carbons (Fsp3) is 0.385. The number of nitrogens with zero attached hydrogens (tertiary/aromatic N) is 1. The van der Waals surface area contributed by atoms with Gasteiger partial charge < -0.3 is 9.64 Å². The van der Waals surface area contributed by atoms with E-state index in [2.05, 4.69) is 0 Å². The molecule has 0 aromatic heterocycles. The molecule has 0 fully saturated rings. The van der Waals surface area contributed by atoms with Crippen LogP contribution in [0.4, 0.5) is 10.1 Å². The van der Waals surface area contributed by atoms with Crippen molar-refractivity contribution >= 4 is 17.3 Å². The van der Waals surface area contributed by atoms with Crippen molar-refractivity contribution in [2.75, 3.05) is 24.6 Å². The number of hydrogen-bond donors (Lipinski definition) is 0. The summed E-state index contributed by atoms with van der Waals surface area (Å²) in [7, 11) is 0. The van der Waals surface area contributed by atoms with Gasteiger partial charge in [-0.3, -0.25) is 0 Å². The van der Waals surface area contributed by atoms with Crippen LogP contribution in [0.3, 0.4) is 0 Å². The van der Waals surface area contributed by atoms with Crippen LogP contribution in [0.1, 0.15) is 13.3 Å². The van der Waals surface area contributed by atoms with Crippen LogP contribution < -0.4 is 4.90 Å². The molecule has 2 nitrogen and oxygen atoms in total. The lowest BCUT2D eigenvalue weighted by atomic mass is 10.2. The predicted molar refractivity (Wildman–Crippen MR) is 67.9 cm³/mol. The highest BCUT2D eigenvalue weighted by atomic mass is 35.5. The van der Waals surface area contributed by atoms with Gasteiger partial charge in [-0.15, -0.1) is 0 Å². The Hall–Kier alpha value is -1.22. The average Bonchev–Trinajstić information content (AvgIpc) is 2.31. The van der Waals surface area contributed by atoms with Crippen molar-refractivity contribution in [2.45, 2.75) is 13.3 Å². The monoisotopic (exact) mass is 255 g/mol. The third kappa shape index (κ3) is 2.91. The molecule has 1 heterocycles. The first-order valence-electron chi connectivity index (χ1n) is 5.72. The summed E-state index contributed by atoms with van der Waals surface area (Å²) in [6.07, 6.45) is 2.82. The molecule has 0 amide bonds. The first-order valence-corrected chi connectivity index (χ1v) is 6.10. The van der Waals surface area contributed by atoms with Gasteiger partial charge in [-0.2, -0.15) is 0 Å². The minimum atomic E-state index is -0.272. The zero-order chi connectivity index (χ0) is 12.3. The van der Waals surface area contributed by atoms with Crippen molar-refractivity contribution in [3.63, 3.8) is 0 Å². The van der Waals surface area contributed by atoms with Crippen molar-refractivity contribution in [3.05, 3.63) is 40.9 Å². The van der Waals surface area contributed by atoms with Gasteiger partial charge in [0.15, 0.2) is 0 Å². The molecule has 0 saturated carbocycles. The Balaban J connectivity index is 2.10. The highest BCUT2D eigenvalue weighted by molar-refractivity contribution is 6.30. The van der Waals surface area contributed by atoms with E-state index in [1.54, 1.807) is 12.1 Å². The third-order valence-electron chi connectivity index (χ3n) is 2.75. The molecule has 0 unspecified atom stereocenters. The van der Waals surface area contributed by atoms with Crippen LogP contribution in [-0.4, -0.2) is 19.7 Å². The average molecular weight is 256 g/mol. The normalized spacial score (nSPS) is 15.7. The maximum Gasteiger partial charge on any atom is 0.147 e. The molecule has 17 heavy (non-hydrogen) atoms. The second kappa shape index (κ2) is 5.41. The second-order valence-electron chi connectivity index (χ2n) is 3.90. The summed E-state index contributed by atoms with van der Waals surface area (Å²) >= 11 is 5.73. The quantitative estimate of drug-likeness (QED) is 0.818. The zero-order valence-corrected chi connectivity index (χ0v) is 10.5. The Morgan fingerprint density at radius 1 is 1.47 bits per heavy atom. The van der Waals surface area contributed by atoms with Gasteiger partial charge in [0.2, 0.25) is 0 Å². The summed E-state index contributed by atoms with van der Waals surface area (Å²) in [6.45, 7) is 4.09. The van der Waals surface area contributed by atoms with Gasteiger partial charge in [0, 0.05) is 24.5 Å². The molecule has 2 rings (SSSR count). The van der Waals surface area contributed by atoms with E-state index in [9.17, 15) is 4.39 Å². The number of rotatable bonds is 3. The van der Waals surface area contributed by atoms with Crippen LogP contribution >= 0.6 is 11.6 Å². The Morgan fingerprint density at radius 3 is 2.88 bits per heavy atom. The van der Waals surface area contributed by atoms with Crippen LogP contribution in [0.5, 0.6) is 0 Å². The van der Waals surface area contributed by atoms with Gasteiger partial charge in [-0.05, 0) is 31.2 Å². The molecule has 0 spiro atoms. The summed E-state index contributed by atoms with van der Waals surface area (Å²) < 4.78 is 19.1. The minimum Gasteiger partial charge on any atom is -0.498 e. The molecule has 0 aliphatic carbocycles. The summed E-state index contributed by atoms with van der Waals surface area (Å²) in [4.78, 5) is 1.98. The van der Waals surface area contributed by atoms with E-state index in [0.717, 1.165) is 18.7 Å². The Bertz CT molecular complexity index is 433. The summed E-state index contributed by atoms with van der Waals surface area (Å²) in [5, 5.41) is 0.425. The van der Waals surface area contributed by atoms with E-state index in [1.807, 2.05) is 17.9 Å². The smallest absolute Gasteiger partial charge is 0.147 e. The lowest BCUT2D eigenvalue weighted by Gasteiger charge is -2.28. The first kappa shape index (κ1) is 12.2. The molecule has 1 aliphatic rings. The number of anilines is 1. The zero-order valence-electron chi connectivity index (χ0n) is 9.75. The Kier molecular flexibility index (Phi) is 3.89. The Labute approximate surface area is 106 Å². The molecular weight excluding hydrogens is 241 g/mol. The molecule has 0 bridgehead atoms. The van der Waals surface area contributed by atoms with E-state index in [-0.39, 0.29) is 5.82 Å². The molecule has 4 heteroatoms. The highest BCUT2D eigenvalue weighted by Gasteiger charge is 2.16. The fourth-order valence-electron chi connectivity index (χ4n) is 1.92. The summed E-state index contributed by atoms with van der Waals surface area (Å²) in [5.41, 5.74) is 0.598. The summed E-state index contributed by atoms with van der Waals surface area (Å²) in [5.74, 6) is 0.726. The fourth-order valence-corrected chi connectivity index (χ4v) is 2.08. The van der Waals surface area contributed by atoms with Gasteiger partial charge >= 0.3 is 0 Å². The molecule has 0 atom stereocenters. The van der Waals surface area contributed by atoms with Crippen LogP contribution in [0, 0.1) is 5.82 Å². The molecule has 1 aromatic rings. The van der Waals surface area contributed by atoms with E-state index in [4.69, 9.17) is 16.3 Å². The standard InChI is InChI=1S/C13H15ClFNO/c1-2-17-11-5-7-16(8-6-11)13-4-3-10(14)9-12(13)15/h3-5,9H,2,6-8H2,1H3. The largest absolute Gasteiger partial charge is 0.498 e. The second-order valence-corrected chi connectivity index (χ2v) is 4.33. The molecule has 0 radical (unpaired) electrons. The maximum absolute atomic E-state index is 13.7. The van der Waals surface area contributed by atoms with Crippen LogP contribution in [0.15, 0.2) is 30.0 Å². The number of halogens is 2. The van der Waals surface area contributed by atoms with Crippen molar-refractivity contribution in [3.8, 4) is 0 Å². The van der Waals surface area contributed by atoms with Crippen LogP contribution in [0.2, 0.25) is 5.02 Å². The van der Waals surface area contributed by atoms with Gasteiger partial charge in [0.1, 0.15) is 5.82 Å². The van der Waals surface area contributed by atoms with E-state index in [1.165, 1.54) is 6.07 Å². The molecule has 0 N–H and O–H groups in total. The minimum absolute atomic E-state index is 0.272. The Morgan fingerprint density at radius 2 is 2.29 bits per heavy atom. The van der Waals surface area contributed by atoms with Crippen molar-refractivity contribution in [1.82, 2.24) is 0 Å². The lowest BCUT2D eigenvalue weighted by molar-refractivity contribution is 0.215. The SMILES string of the molecule is CCOC1=CCN(c2ccc(Cl)cc2F)CC1. The first-order chi connectivity index (χ1) is 8.20. The number of benzene rings is 1. The van der Waals surface area contributed by atoms with Gasteiger partial charge in [-0.25, -0.2) is 4.39 Å². The number of hydrogen-bond acceptors (Lipinski definition) is 2. The molecule has 0 saturated heterocycles. The van der Waals surface area contributed by atoms with E-state index >= 15 is 0 Å². The predicted octanol–water partition coefficient (Wildman–Crippen LogP) is 3.61. The molecule has 1 aliphatic heterocycles. The van der Waals surface area contributed by atoms with E-state index < -0.39 is 0 Å².